The number of aliphatic imine (C=N–C) groups is 1. The summed E-state index contributed by atoms with van der Waals surface area (Å²) in [5.41, 5.74) is 2.75. The first-order valence-electron chi connectivity index (χ1n) is 11.6. The lowest BCUT2D eigenvalue weighted by molar-refractivity contribution is 0.189. The van der Waals surface area contributed by atoms with Crippen molar-refractivity contribution in [3.05, 3.63) is 77.2 Å². The first-order valence-corrected chi connectivity index (χ1v) is 13.1. The number of aromatic nitrogens is 1. The zero-order valence-corrected chi connectivity index (χ0v) is 20.9. The van der Waals surface area contributed by atoms with E-state index >= 15 is 0 Å². The van der Waals surface area contributed by atoms with Crippen molar-refractivity contribution in [2.24, 2.45) is 4.99 Å². The molecule has 4 heterocycles. The minimum Gasteiger partial charge on any atom is -0.436 e. The largest absolute Gasteiger partial charge is 0.436 e. The van der Waals surface area contributed by atoms with Crippen LogP contribution in [0.4, 0.5) is 0 Å². The molecule has 0 amide bonds. The zero-order chi connectivity index (χ0) is 24.5. The third-order valence-corrected chi connectivity index (χ3v) is 8.80. The molecule has 1 fully saturated rings. The van der Waals surface area contributed by atoms with Crippen LogP contribution in [0, 0.1) is 0 Å². The number of nitrogens with zero attached hydrogens (tertiary/aromatic N) is 4. The summed E-state index contributed by atoms with van der Waals surface area (Å²) in [4.78, 5) is 12.1. The second-order valence-electron chi connectivity index (χ2n) is 9.68. The maximum Gasteiger partial charge on any atom is 0.243 e. The normalized spacial score (nSPS) is 20.7. The Morgan fingerprint density at radius 3 is 2.66 bits per heavy atom. The quantitative estimate of drug-likeness (QED) is 0.608. The molecule has 3 aliphatic rings. The summed E-state index contributed by atoms with van der Waals surface area (Å²) in [7, 11) is -0.657. The number of hydrogen-bond acceptors (Lipinski definition) is 7. The number of fused-ring (bicyclic) bond motifs is 5. The predicted molar refractivity (Wildman–Crippen MR) is 135 cm³/mol. The standard InChI is InChI=1S/C26H27N5O3S/c1-26(2)29-25-21(24-28-13-14-31(24)26)20(16-9-6-5-7-10-16)18-15-19(35(32,33)30(3)4)17-11-8-12-27-22(17)23(18)34-25/h5-12,15,20,28H,13-14H2,1-4H3. The number of sulfonamides is 1. The van der Waals surface area contributed by atoms with Gasteiger partial charge in [0.05, 0.1) is 10.5 Å². The molecule has 35 heavy (non-hydrogen) atoms. The topological polar surface area (TPSA) is 87.1 Å². The molecule has 0 saturated carbocycles. The highest BCUT2D eigenvalue weighted by Gasteiger charge is 2.46. The fraction of sp³-hybridized carbons (Fsp3) is 0.308. The number of rotatable bonds is 3. The number of pyridine rings is 1. The molecule has 1 aromatic heterocycles. The van der Waals surface area contributed by atoms with Crippen LogP contribution < -0.4 is 10.1 Å². The van der Waals surface area contributed by atoms with Crippen LogP contribution in [0.25, 0.3) is 10.9 Å². The molecule has 0 spiro atoms. The molecular weight excluding hydrogens is 462 g/mol. The minimum absolute atomic E-state index is 0.215. The van der Waals surface area contributed by atoms with E-state index in [9.17, 15) is 8.42 Å². The first-order chi connectivity index (χ1) is 16.7. The summed E-state index contributed by atoms with van der Waals surface area (Å²) in [5.74, 6) is 1.81. The molecule has 0 radical (unpaired) electrons. The van der Waals surface area contributed by atoms with Gasteiger partial charge in [0.2, 0.25) is 15.9 Å². The van der Waals surface area contributed by atoms with Crippen LogP contribution in [0.1, 0.15) is 30.9 Å². The van der Waals surface area contributed by atoms with E-state index in [1.165, 1.54) is 4.31 Å². The molecule has 8 nitrogen and oxygen atoms in total. The van der Waals surface area contributed by atoms with Gasteiger partial charge in [0.25, 0.3) is 0 Å². The molecule has 3 aliphatic heterocycles. The third-order valence-electron chi connectivity index (χ3n) is 6.95. The van der Waals surface area contributed by atoms with Crippen LogP contribution in [0.3, 0.4) is 0 Å². The third kappa shape index (κ3) is 3.18. The van der Waals surface area contributed by atoms with Gasteiger partial charge in [-0.2, -0.15) is 0 Å². The van der Waals surface area contributed by atoms with Crippen molar-refractivity contribution in [1.82, 2.24) is 19.5 Å². The summed E-state index contributed by atoms with van der Waals surface area (Å²) in [6.07, 6.45) is 1.66. The Morgan fingerprint density at radius 2 is 1.91 bits per heavy atom. The first kappa shape index (κ1) is 22.1. The van der Waals surface area contributed by atoms with Crippen LogP contribution in [0.2, 0.25) is 0 Å². The maximum atomic E-state index is 13.4. The molecule has 1 unspecified atom stereocenters. The Bertz CT molecular complexity index is 1530. The van der Waals surface area contributed by atoms with E-state index in [1.807, 2.05) is 18.2 Å². The van der Waals surface area contributed by atoms with Crippen molar-refractivity contribution in [1.29, 1.82) is 0 Å². The number of ether oxygens (including phenoxy) is 1. The number of nitrogens with one attached hydrogen (secondary N) is 1. The fourth-order valence-corrected chi connectivity index (χ4v) is 6.38. The van der Waals surface area contributed by atoms with E-state index in [2.05, 4.69) is 41.2 Å². The van der Waals surface area contributed by atoms with Gasteiger partial charge >= 0.3 is 0 Å². The Kier molecular flexibility index (Phi) is 4.75. The van der Waals surface area contributed by atoms with E-state index in [0.717, 1.165) is 35.6 Å². The number of hydrogen-bond donors (Lipinski definition) is 1. The zero-order valence-electron chi connectivity index (χ0n) is 20.1. The lowest BCUT2D eigenvalue weighted by Gasteiger charge is -2.42. The van der Waals surface area contributed by atoms with Crippen LogP contribution >= 0.6 is 0 Å². The monoisotopic (exact) mass is 489 g/mol. The van der Waals surface area contributed by atoms with Crippen LogP contribution in [0.5, 0.6) is 5.75 Å². The highest BCUT2D eigenvalue weighted by Crippen LogP contribution is 2.50. The fourth-order valence-electron chi connectivity index (χ4n) is 5.27. The molecule has 3 aromatic rings. The van der Waals surface area contributed by atoms with Gasteiger partial charge in [-0.25, -0.2) is 17.7 Å². The molecule has 2 aromatic carbocycles. The van der Waals surface area contributed by atoms with Crippen LogP contribution in [-0.4, -0.2) is 61.4 Å². The molecule has 1 saturated heterocycles. The average Bonchev–Trinajstić information content (AvgIpc) is 3.34. The second-order valence-corrected chi connectivity index (χ2v) is 11.8. The Balaban J connectivity index is 1.73. The molecule has 0 bridgehead atoms. The predicted octanol–water partition coefficient (Wildman–Crippen LogP) is 3.27. The van der Waals surface area contributed by atoms with E-state index < -0.39 is 15.7 Å². The average molecular weight is 490 g/mol. The molecule has 1 atom stereocenters. The molecular formula is C26H27N5O3S. The van der Waals surface area contributed by atoms with Crippen molar-refractivity contribution in [3.8, 4) is 5.75 Å². The van der Waals surface area contributed by atoms with Gasteiger partial charge in [0.1, 0.15) is 17.0 Å². The van der Waals surface area contributed by atoms with Crippen molar-refractivity contribution in [3.63, 3.8) is 0 Å². The lowest BCUT2D eigenvalue weighted by atomic mass is 9.81. The van der Waals surface area contributed by atoms with Crippen LogP contribution in [0.15, 0.2) is 76.0 Å². The molecule has 9 heteroatoms. The van der Waals surface area contributed by atoms with Crippen molar-refractivity contribution in [2.75, 3.05) is 27.2 Å². The second kappa shape index (κ2) is 7.53. The molecule has 180 valence electrons. The van der Waals surface area contributed by atoms with E-state index in [-0.39, 0.29) is 10.8 Å². The van der Waals surface area contributed by atoms with Gasteiger partial charge in [-0.05, 0) is 37.6 Å². The summed E-state index contributed by atoms with van der Waals surface area (Å²) in [6.45, 7) is 5.78. The van der Waals surface area contributed by atoms with E-state index in [1.54, 1.807) is 38.5 Å². The smallest absolute Gasteiger partial charge is 0.243 e. The molecule has 0 aliphatic carbocycles. The SMILES string of the molecule is CN(C)S(=O)(=O)c1cc2c(c3ncccc13)OC1=NC(C)(C)N3CCNC3=C1C2c1ccccc1. The summed E-state index contributed by atoms with van der Waals surface area (Å²) in [5, 5.41) is 4.07. The number of benzene rings is 2. The van der Waals surface area contributed by atoms with Gasteiger partial charge in [-0.3, -0.25) is 4.98 Å². The van der Waals surface area contributed by atoms with Gasteiger partial charge in [0, 0.05) is 50.2 Å². The van der Waals surface area contributed by atoms with Crippen molar-refractivity contribution >= 4 is 26.8 Å². The Labute approximate surface area is 205 Å². The molecule has 6 rings (SSSR count). The van der Waals surface area contributed by atoms with E-state index in [4.69, 9.17) is 9.73 Å². The van der Waals surface area contributed by atoms with Gasteiger partial charge in [0.15, 0.2) is 5.75 Å². The lowest BCUT2D eigenvalue weighted by Crippen LogP contribution is -2.47. The highest BCUT2D eigenvalue weighted by atomic mass is 32.2. The van der Waals surface area contributed by atoms with Gasteiger partial charge in [-0.15, -0.1) is 0 Å². The van der Waals surface area contributed by atoms with Gasteiger partial charge in [-0.1, -0.05) is 30.3 Å². The van der Waals surface area contributed by atoms with Gasteiger partial charge < -0.3 is 15.0 Å². The Morgan fingerprint density at radius 1 is 1.14 bits per heavy atom. The molecule has 1 N–H and O–H groups in total. The maximum absolute atomic E-state index is 13.4. The van der Waals surface area contributed by atoms with Crippen LogP contribution in [-0.2, 0) is 10.0 Å². The highest BCUT2D eigenvalue weighted by molar-refractivity contribution is 7.89. The summed E-state index contributed by atoms with van der Waals surface area (Å²) >= 11 is 0. The minimum atomic E-state index is -3.74. The van der Waals surface area contributed by atoms with E-state index in [0.29, 0.717) is 22.6 Å². The summed E-state index contributed by atoms with van der Waals surface area (Å²) < 4.78 is 34.6. The Hall–Kier alpha value is -3.43. The van der Waals surface area contributed by atoms with Crippen molar-refractivity contribution in [2.45, 2.75) is 30.3 Å². The summed E-state index contributed by atoms with van der Waals surface area (Å²) in [6, 6.07) is 15.4. The van der Waals surface area contributed by atoms with Crippen molar-refractivity contribution < 1.29 is 13.2 Å².